The quantitative estimate of drug-likeness (QED) is 0.825. The summed E-state index contributed by atoms with van der Waals surface area (Å²) >= 11 is 0. The summed E-state index contributed by atoms with van der Waals surface area (Å²) < 4.78 is 9.98. The van der Waals surface area contributed by atoms with Crippen LogP contribution >= 0.6 is 0 Å². The summed E-state index contributed by atoms with van der Waals surface area (Å²) in [7, 11) is 1.56. The molecule has 5 heteroatoms. The molecule has 2 aromatic rings. The molecule has 0 aliphatic carbocycles. The number of ether oxygens (including phenoxy) is 1. The molecule has 0 saturated carbocycles. The predicted octanol–water partition coefficient (Wildman–Crippen LogP) is 2.45. The first-order valence-corrected chi connectivity index (χ1v) is 5.03. The molecule has 1 heterocycles. The molecule has 0 aliphatic heterocycles. The van der Waals surface area contributed by atoms with E-state index < -0.39 is 0 Å². The van der Waals surface area contributed by atoms with E-state index in [1.54, 1.807) is 31.4 Å². The Morgan fingerprint density at radius 2 is 2.24 bits per heavy atom. The van der Waals surface area contributed by atoms with E-state index in [0.717, 1.165) is 5.69 Å². The summed E-state index contributed by atoms with van der Waals surface area (Å²) in [5.41, 5.74) is 1.31. The fourth-order valence-corrected chi connectivity index (χ4v) is 1.31. The van der Waals surface area contributed by atoms with Crippen molar-refractivity contribution in [3.05, 3.63) is 35.5 Å². The zero-order valence-corrected chi connectivity index (χ0v) is 9.54. The molecule has 0 radical (unpaired) electrons. The monoisotopic (exact) mass is 232 g/mol. The summed E-state index contributed by atoms with van der Waals surface area (Å²) in [4.78, 5) is 4.06. The third-order valence-electron chi connectivity index (χ3n) is 2.18. The van der Waals surface area contributed by atoms with Gasteiger partial charge in [0, 0.05) is 17.8 Å². The van der Waals surface area contributed by atoms with Crippen LogP contribution in [0.2, 0.25) is 0 Å². The maximum Gasteiger partial charge on any atom is 0.250 e. The number of benzene rings is 1. The molecular formula is C12H12N2O3. The lowest BCUT2D eigenvalue weighted by molar-refractivity contribution is 0.412. The zero-order valence-electron chi connectivity index (χ0n) is 9.54. The predicted molar refractivity (Wildman–Crippen MR) is 63.2 cm³/mol. The SMILES string of the molecule is COc1ccc(O)c(C=Nc2cc(C)no2)c1. The second-order valence-corrected chi connectivity index (χ2v) is 3.49. The number of methoxy groups -OCH3 is 1. The Morgan fingerprint density at radius 3 is 2.88 bits per heavy atom. The van der Waals surface area contributed by atoms with Gasteiger partial charge in [0.1, 0.15) is 11.5 Å². The van der Waals surface area contributed by atoms with Gasteiger partial charge in [-0.05, 0) is 25.1 Å². The average molecular weight is 232 g/mol. The molecule has 0 bridgehead atoms. The van der Waals surface area contributed by atoms with Crippen LogP contribution < -0.4 is 4.74 Å². The van der Waals surface area contributed by atoms with E-state index in [-0.39, 0.29) is 5.75 Å². The topological polar surface area (TPSA) is 67.8 Å². The van der Waals surface area contributed by atoms with Gasteiger partial charge in [-0.25, -0.2) is 4.99 Å². The van der Waals surface area contributed by atoms with Gasteiger partial charge in [0.05, 0.1) is 12.8 Å². The van der Waals surface area contributed by atoms with Crippen molar-refractivity contribution in [1.29, 1.82) is 0 Å². The van der Waals surface area contributed by atoms with E-state index >= 15 is 0 Å². The van der Waals surface area contributed by atoms with E-state index in [4.69, 9.17) is 9.26 Å². The highest BCUT2D eigenvalue weighted by Crippen LogP contribution is 2.22. The summed E-state index contributed by atoms with van der Waals surface area (Å²) in [6.07, 6.45) is 1.50. The van der Waals surface area contributed by atoms with Crippen LogP contribution in [0.5, 0.6) is 11.5 Å². The van der Waals surface area contributed by atoms with Gasteiger partial charge in [0.2, 0.25) is 0 Å². The fourth-order valence-electron chi connectivity index (χ4n) is 1.31. The molecule has 1 aromatic heterocycles. The number of hydrogen-bond acceptors (Lipinski definition) is 5. The summed E-state index contributed by atoms with van der Waals surface area (Å²) in [5, 5.41) is 13.3. The van der Waals surface area contributed by atoms with Crippen molar-refractivity contribution in [2.24, 2.45) is 4.99 Å². The molecule has 17 heavy (non-hydrogen) atoms. The van der Waals surface area contributed by atoms with Crippen LogP contribution in [0.3, 0.4) is 0 Å². The molecule has 1 aromatic carbocycles. The summed E-state index contributed by atoms with van der Waals surface area (Å²) in [6, 6.07) is 6.60. The van der Waals surface area contributed by atoms with Crippen LogP contribution in [0.15, 0.2) is 33.8 Å². The lowest BCUT2D eigenvalue weighted by Crippen LogP contribution is -1.86. The third kappa shape index (κ3) is 2.63. The molecule has 1 N–H and O–H groups in total. The first-order valence-electron chi connectivity index (χ1n) is 5.03. The number of aryl methyl sites for hydroxylation is 1. The minimum absolute atomic E-state index is 0.130. The van der Waals surface area contributed by atoms with Crippen LogP contribution in [-0.2, 0) is 0 Å². The number of nitrogens with zero attached hydrogens (tertiary/aromatic N) is 2. The maximum atomic E-state index is 9.62. The van der Waals surface area contributed by atoms with E-state index in [0.29, 0.717) is 17.2 Å². The summed E-state index contributed by atoms with van der Waals surface area (Å²) in [6.45, 7) is 1.81. The third-order valence-corrected chi connectivity index (χ3v) is 2.18. The van der Waals surface area contributed by atoms with Crippen molar-refractivity contribution in [2.45, 2.75) is 6.92 Å². The van der Waals surface area contributed by atoms with Gasteiger partial charge in [-0.15, -0.1) is 0 Å². The number of rotatable bonds is 3. The van der Waals surface area contributed by atoms with Gasteiger partial charge in [-0.2, -0.15) is 0 Å². The van der Waals surface area contributed by atoms with Gasteiger partial charge in [-0.1, -0.05) is 5.16 Å². The normalized spacial score (nSPS) is 10.9. The molecule has 5 nitrogen and oxygen atoms in total. The molecule has 0 aliphatic rings. The Hall–Kier alpha value is -2.30. The first-order chi connectivity index (χ1) is 8.19. The van der Waals surface area contributed by atoms with Crippen molar-refractivity contribution < 1.29 is 14.4 Å². The van der Waals surface area contributed by atoms with Gasteiger partial charge < -0.3 is 14.4 Å². The maximum absolute atomic E-state index is 9.62. The highest BCUT2D eigenvalue weighted by molar-refractivity contribution is 5.85. The van der Waals surface area contributed by atoms with Crippen molar-refractivity contribution in [3.8, 4) is 11.5 Å². The number of aromatic nitrogens is 1. The van der Waals surface area contributed by atoms with Crippen LogP contribution in [0, 0.1) is 6.92 Å². The standard InChI is InChI=1S/C12H12N2O3/c1-8-5-12(17-14-8)13-7-9-6-10(16-2)3-4-11(9)15/h3-7,15H,1-2H3. The van der Waals surface area contributed by atoms with Crippen LogP contribution in [0.4, 0.5) is 5.88 Å². The highest BCUT2D eigenvalue weighted by Gasteiger charge is 2.02. The molecular weight excluding hydrogens is 220 g/mol. The average Bonchev–Trinajstić information content (AvgIpc) is 2.74. The number of aromatic hydroxyl groups is 1. The Balaban J connectivity index is 2.25. The van der Waals surface area contributed by atoms with Crippen LogP contribution in [0.1, 0.15) is 11.3 Å². The molecule has 0 amide bonds. The largest absolute Gasteiger partial charge is 0.507 e. The molecule has 88 valence electrons. The van der Waals surface area contributed by atoms with E-state index in [1.807, 2.05) is 6.92 Å². The number of phenolic OH excluding ortho intramolecular Hbond substituents is 1. The van der Waals surface area contributed by atoms with Crippen molar-refractivity contribution in [1.82, 2.24) is 5.16 Å². The first kappa shape index (κ1) is 11.2. The van der Waals surface area contributed by atoms with E-state index in [9.17, 15) is 5.11 Å². The van der Waals surface area contributed by atoms with E-state index in [1.165, 1.54) is 6.21 Å². The molecule has 0 spiro atoms. The number of hydrogen-bond donors (Lipinski definition) is 1. The fraction of sp³-hybridized carbons (Fsp3) is 0.167. The van der Waals surface area contributed by atoms with Gasteiger partial charge in [0.15, 0.2) is 0 Å². The molecule has 0 atom stereocenters. The number of phenols is 1. The van der Waals surface area contributed by atoms with Crippen molar-refractivity contribution in [2.75, 3.05) is 7.11 Å². The second kappa shape index (κ2) is 4.69. The van der Waals surface area contributed by atoms with Crippen LogP contribution in [-0.4, -0.2) is 23.6 Å². The van der Waals surface area contributed by atoms with Gasteiger partial charge in [-0.3, -0.25) is 0 Å². The minimum Gasteiger partial charge on any atom is -0.507 e. The van der Waals surface area contributed by atoms with Gasteiger partial charge >= 0.3 is 0 Å². The zero-order chi connectivity index (χ0) is 12.3. The lowest BCUT2D eigenvalue weighted by atomic mass is 10.2. The second-order valence-electron chi connectivity index (χ2n) is 3.49. The van der Waals surface area contributed by atoms with Crippen LogP contribution in [0.25, 0.3) is 0 Å². The van der Waals surface area contributed by atoms with E-state index in [2.05, 4.69) is 10.1 Å². The lowest BCUT2D eigenvalue weighted by Gasteiger charge is -2.02. The highest BCUT2D eigenvalue weighted by atomic mass is 16.5. The van der Waals surface area contributed by atoms with Gasteiger partial charge in [0.25, 0.3) is 5.88 Å². The van der Waals surface area contributed by atoms with Crippen molar-refractivity contribution >= 4 is 12.1 Å². The summed E-state index contributed by atoms with van der Waals surface area (Å²) in [5.74, 6) is 1.17. The molecule has 0 fully saturated rings. The Labute approximate surface area is 98.4 Å². The minimum atomic E-state index is 0.130. The van der Waals surface area contributed by atoms with Crippen molar-refractivity contribution in [3.63, 3.8) is 0 Å². The molecule has 0 saturated heterocycles. The Kier molecular flexibility index (Phi) is 3.09. The molecule has 2 rings (SSSR count). The number of aliphatic imine (C=N–C) groups is 1. The Bertz CT molecular complexity index is 546. The smallest absolute Gasteiger partial charge is 0.250 e. The molecule has 0 unspecified atom stereocenters. The Morgan fingerprint density at radius 1 is 1.41 bits per heavy atom.